The molecule has 6 heteroatoms. The summed E-state index contributed by atoms with van der Waals surface area (Å²) in [6.07, 6.45) is -2.86. The van der Waals surface area contributed by atoms with E-state index < -0.39 is 17.9 Å². The van der Waals surface area contributed by atoms with Crippen molar-refractivity contribution in [3.8, 4) is 5.88 Å². The van der Waals surface area contributed by atoms with Crippen LogP contribution in [-0.4, -0.2) is 12.1 Å². The first-order chi connectivity index (χ1) is 6.06. The molecular formula is C7H5F3INO. The molecule has 1 aromatic heterocycles. The van der Waals surface area contributed by atoms with Gasteiger partial charge in [0.2, 0.25) is 11.8 Å². The van der Waals surface area contributed by atoms with Crippen LogP contribution in [-0.2, 0) is 0 Å². The van der Waals surface area contributed by atoms with E-state index in [0.29, 0.717) is 0 Å². The lowest BCUT2D eigenvalue weighted by atomic mass is 10.3. The van der Waals surface area contributed by atoms with Crippen LogP contribution in [0.3, 0.4) is 0 Å². The van der Waals surface area contributed by atoms with Crippen LogP contribution in [0.15, 0.2) is 6.07 Å². The van der Waals surface area contributed by atoms with Crippen molar-refractivity contribution in [1.82, 2.24) is 4.98 Å². The molecule has 1 aromatic rings. The van der Waals surface area contributed by atoms with E-state index in [-0.39, 0.29) is 9.45 Å². The van der Waals surface area contributed by atoms with Gasteiger partial charge in [0.15, 0.2) is 0 Å². The van der Waals surface area contributed by atoms with Crippen molar-refractivity contribution in [3.63, 3.8) is 0 Å². The molecule has 0 aromatic carbocycles. The van der Waals surface area contributed by atoms with Crippen LogP contribution in [0, 0.1) is 9.52 Å². The molecule has 0 radical (unpaired) electrons. The molecule has 0 bridgehead atoms. The molecule has 0 saturated heterocycles. The highest BCUT2D eigenvalue weighted by molar-refractivity contribution is 14.1. The van der Waals surface area contributed by atoms with Gasteiger partial charge in [-0.25, -0.2) is 8.78 Å². The fraction of sp³-hybridized carbons (Fsp3) is 0.286. The maximum absolute atomic E-state index is 12.9. The van der Waals surface area contributed by atoms with Crippen molar-refractivity contribution in [2.45, 2.75) is 6.43 Å². The number of alkyl halides is 2. The zero-order valence-electron chi connectivity index (χ0n) is 6.52. The zero-order chi connectivity index (χ0) is 10.0. The Morgan fingerprint density at radius 2 is 2.15 bits per heavy atom. The largest absolute Gasteiger partial charge is 0.481 e. The summed E-state index contributed by atoms with van der Waals surface area (Å²) in [6.45, 7) is 0. The number of rotatable bonds is 2. The average Bonchev–Trinajstić information content (AvgIpc) is 2.02. The maximum atomic E-state index is 12.9. The first kappa shape index (κ1) is 10.6. The highest BCUT2D eigenvalue weighted by Gasteiger charge is 2.19. The molecule has 0 unspecified atom stereocenters. The van der Waals surface area contributed by atoms with Crippen molar-refractivity contribution >= 4 is 22.6 Å². The van der Waals surface area contributed by atoms with E-state index in [1.807, 2.05) is 0 Å². The lowest BCUT2D eigenvalue weighted by molar-refractivity contribution is 0.143. The molecule has 0 spiro atoms. The minimum Gasteiger partial charge on any atom is -0.481 e. The van der Waals surface area contributed by atoms with Crippen LogP contribution in [0.25, 0.3) is 0 Å². The fourth-order valence-electron chi connectivity index (χ4n) is 0.773. The van der Waals surface area contributed by atoms with E-state index in [1.165, 1.54) is 13.2 Å². The third kappa shape index (κ3) is 2.23. The highest BCUT2D eigenvalue weighted by atomic mass is 127. The lowest BCUT2D eigenvalue weighted by Gasteiger charge is -2.05. The molecule has 13 heavy (non-hydrogen) atoms. The Hall–Kier alpha value is -0.530. The summed E-state index contributed by atoms with van der Waals surface area (Å²) < 4.78 is 42.0. The first-order valence-electron chi connectivity index (χ1n) is 3.24. The van der Waals surface area contributed by atoms with Crippen molar-refractivity contribution in [3.05, 3.63) is 21.1 Å². The summed E-state index contributed by atoms with van der Waals surface area (Å²) >= 11 is 1.61. The monoisotopic (exact) mass is 303 g/mol. The molecule has 0 aliphatic heterocycles. The van der Waals surface area contributed by atoms with Gasteiger partial charge in [-0.15, -0.1) is 0 Å². The third-order valence-electron chi connectivity index (χ3n) is 1.37. The predicted octanol–water partition coefficient (Wildman–Crippen LogP) is 2.77. The molecule has 1 rings (SSSR count). The molecule has 0 aliphatic rings. The molecule has 0 fully saturated rings. The first-order valence-corrected chi connectivity index (χ1v) is 4.32. The number of hydrogen-bond donors (Lipinski definition) is 0. The second-order valence-electron chi connectivity index (χ2n) is 2.15. The molecular weight excluding hydrogens is 298 g/mol. The molecule has 0 saturated carbocycles. The van der Waals surface area contributed by atoms with Gasteiger partial charge in [0.05, 0.1) is 12.7 Å². The molecule has 2 nitrogen and oxygen atoms in total. The van der Waals surface area contributed by atoms with Gasteiger partial charge in [0, 0.05) is 9.64 Å². The average molecular weight is 303 g/mol. The Morgan fingerprint density at radius 1 is 1.54 bits per heavy atom. The van der Waals surface area contributed by atoms with Crippen LogP contribution < -0.4 is 4.74 Å². The number of hydrogen-bond acceptors (Lipinski definition) is 2. The van der Waals surface area contributed by atoms with Gasteiger partial charge in [-0.3, -0.25) is 0 Å². The van der Waals surface area contributed by atoms with Gasteiger partial charge in [-0.1, -0.05) is 0 Å². The molecule has 1 heterocycles. The summed E-state index contributed by atoms with van der Waals surface area (Å²) in [5, 5.41) is 0. The van der Waals surface area contributed by atoms with Crippen molar-refractivity contribution < 1.29 is 17.9 Å². The van der Waals surface area contributed by atoms with Crippen molar-refractivity contribution in [2.24, 2.45) is 0 Å². The Balaban J connectivity index is 3.23. The van der Waals surface area contributed by atoms with E-state index in [9.17, 15) is 13.2 Å². The molecule has 0 atom stereocenters. The van der Waals surface area contributed by atoms with Crippen LogP contribution in [0.2, 0.25) is 0 Å². The number of halogens is 4. The minimum atomic E-state index is -2.86. The topological polar surface area (TPSA) is 22.1 Å². The number of aromatic nitrogens is 1. The number of ether oxygens (including phenoxy) is 1. The SMILES string of the molecule is COc1cc(I)c(C(F)F)c(F)n1. The van der Waals surface area contributed by atoms with Crippen LogP contribution in [0.1, 0.15) is 12.0 Å². The Morgan fingerprint density at radius 3 is 2.54 bits per heavy atom. The smallest absolute Gasteiger partial charge is 0.269 e. The molecule has 0 aliphatic carbocycles. The number of methoxy groups -OCH3 is 1. The predicted molar refractivity (Wildman–Crippen MR) is 48.4 cm³/mol. The van der Waals surface area contributed by atoms with Crippen LogP contribution in [0.5, 0.6) is 5.88 Å². The fourth-order valence-corrected chi connectivity index (χ4v) is 1.50. The minimum absolute atomic E-state index is 0.00806. The third-order valence-corrected chi connectivity index (χ3v) is 2.26. The summed E-state index contributed by atoms with van der Waals surface area (Å²) in [5.74, 6) is -1.19. The van der Waals surface area contributed by atoms with Crippen molar-refractivity contribution in [1.29, 1.82) is 0 Å². The van der Waals surface area contributed by atoms with Gasteiger partial charge in [0.1, 0.15) is 0 Å². The van der Waals surface area contributed by atoms with E-state index in [1.54, 1.807) is 22.6 Å². The molecule has 72 valence electrons. The maximum Gasteiger partial charge on any atom is 0.269 e. The second-order valence-corrected chi connectivity index (χ2v) is 3.31. The Labute approximate surface area is 86.3 Å². The quantitative estimate of drug-likeness (QED) is 0.619. The standard InChI is InChI=1S/C7H5F3INO/c1-13-4-2-3(11)5(6(8)9)7(10)12-4/h2,6H,1H3. The molecule has 0 N–H and O–H groups in total. The normalized spacial score (nSPS) is 10.6. The highest BCUT2D eigenvalue weighted by Crippen LogP contribution is 2.28. The van der Waals surface area contributed by atoms with Gasteiger partial charge in [-0.05, 0) is 22.6 Å². The van der Waals surface area contributed by atoms with E-state index in [0.717, 1.165) is 0 Å². The van der Waals surface area contributed by atoms with Crippen molar-refractivity contribution in [2.75, 3.05) is 7.11 Å². The summed E-state index contributed by atoms with van der Waals surface area (Å²) in [4.78, 5) is 3.20. The van der Waals surface area contributed by atoms with Gasteiger partial charge >= 0.3 is 0 Å². The van der Waals surface area contributed by atoms with Crippen LogP contribution in [0.4, 0.5) is 13.2 Å². The summed E-state index contributed by atoms with van der Waals surface area (Å²) in [7, 11) is 1.29. The second kappa shape index (κ2) is 4.12. The number of nitrogens with zero attached hydrogens (tertiary/aromatic N) is 1. The Bertz CT molecular complexity index is 296. The summed E-state index contributed by atoms with van der Waals surface area (Å²) in [6, 6.07) is 1.26. The lowest BCUT2D eigenvalue weighted by Crippen LogP contribution is -2.00. The van der Waals surface area contributed by atoms with Gasteiger partial charge in [-0.2, -0.15) is 9.37 Å². The van der Waals surface area contributed by atoms with E-state index >= 15 is 0 Å². The Kier molecular flexibility index (Phi) is 3.34. The van der Waals surface area contributed by atoms with Gasteiger partial charge in [0.25, 0.3) is 6.43 Å². The van der Waals surface area contributed by atoms with E-state index in [4.69, 9.17) is 0 Å². The van der Waals surface area contributed by atoms with Crippen LogP contribution >= 0.6 is 22.6 Å². The van der Waals surface area contributed by atoms with E-state index in [2.05, 4.69) is 9.72 Å². The zero-order valence-corrected chi connectivity index (χ0v) is 8.68. The summed E-state index contributed by atoms with van der Waals surface area (Å²) in [5.41, 5.74) is -0.679. The van der Waals surface area contributed by atoms with Gasteiger partial charge < -0.3 is 4.74 Å². The number of pyridine rings is 1. The molecule has 0 amide bonds.